The second kappa shape index (κ2) is 7.80. The number of hydrogen-bond acceptors (Lipinski definition) is 6. The number of aliphatic hydroxyl groups is 1. The molecule has 2 rings (SSSR count). The van der Waals surface area contributed by atoms with Crippen molar-refractivity contribution in [3.8, 4) is 11.8 Å². The first kappa shape index (κ1) is 19.8. The van der Waals surface area contributed by atoms with Crippen LogP contribution in [0.1, 0.15) is 18.1 Å². The summed E-state index contributed by atoms with van der Waals surface area (Å²) in [5, 5.41) is 32.2. The third-order valence-electron chi connectivity index (χ3n) is 3.72. The van der Waals surface area contributed by atoms with Crippen LogP contribution < -0.4 is 10.1 Å². The third kappa shape index (κ3) is 4.77. The zero-order valence-corrected chi connectivity index (χ0v) is 14.5. The lowest BCUT2D eigenvalue weighted by Gasteiger charge is -2.22. The number of halogens is 1. The third-order valence-corrected chi connectivity index (χ3v) is 3.72. The summed E-state index contributed by atoms with van der Waals surface area (Å²) in [5.74, 6) is -1.53. The Labute approximate surface area is 154 Å². The van der Waals surface area contributed by atoms with Gasteiger partial charge in [-0.2, -0.15) is 5.26 Å². The molecule has 0 spiro atoms. The Hall–Kier alpha value is -3.51. The Balaban J connectivity index is 2.04. The molecule has 0 aromatic heterocycles. The molecular weight excluding hydrogens is 357 g/mol. The van der Waals surface area contributed by atoms with Gasteiger partial charge in [0.15, 0.2) is 5.60 Å². The number of nitro groups is 1. The molecule has 0 saturated heterocycles. The molecule has 9 heteroatoms. The van der Waals surface area contributed by atoms with Crippen molar-refractivity contribution < 1.29 is 24.0 Å². The van der Waals surface area contributed by atoms with Crippen molar-refractivity contribution in [1.29, 1.82) is 5.26 Å². The maximum absolute atomic E-state index is 13.6. The van der Waals surface area contributed by atoms with Crippen molar-refractivity contribution >= 4 is 17.3 Å². The number of carbonyl (C=O) groups is 1. The van der Waals surface area contributed by atoms with Crippen LogP contribution >= 0.6 is 0 Å². The van der Waals surface area contributed by atoms with E-state index in [2.05, 4.69) is 5.32 Å². The summed E-state index contributed by atoms with van der Waals surface area (Å²) in [7, 11) is 0. The molecule has 0 aliphatic carbocycles. The van der Waals surface area contributed by atoms with Gasteiger partial charge in [0.1, 0.15) is 24.2 Å². The van der Waals surface area contributed by atoms with E-state index in [1.165, 1.54) is 44.2 Å². The van der Waals surface area contributed by atoms with Gasteiger partial charge >= 0.3 is 0 Å². The lowest BCUT2D eigenvalue weighted by atomic mass is 10.1. The number of aryl methyl sites for hydroxylation is 1. The normalized spacial score (nSPS) is 12.6. The summed E-state index contributed by atoms with van der Waals surface area (Å²) < 4.78 is 18.8. The standard InChI is InChI=1S/C18H16FN3O5/c1-11-7-13(4-6-16(11)22(25)26)21-17(23)18(2,24)10-27-14-5-3-12(9-20)15(19)8-14/h3-8,24H,10H2,1-2H3,(H,21,23)/t18-/m0/s1. The minimum absolute atomic E-state index is 0.0470. The maximum atomic E-state index is 13.6. The highest BCUT2D eigenvalue weighted by Gasteiger charge is 2.32. The van der Waals surface area contributed by atoms with Gasteiger partial charge in [-0.3, -0.25) is 14.9 Å². The first-order valence-electron chi connectivity index (χ1n) is 7.75. The number of benzene rings is 2. The Morgan fingerprint density at radius 1 is 1.41 bits per heavy atom. The van der Waals surface area contributed by atoms with Gasteiger partial charge in [0, 0.05) is 23.4 Å². The maximum Gasteiger partial charge on any atom is 0.272 e. The molecule has 0 radical (unpaired) electrons. The van der Waals surface area contributed by atoms with Crippen LogP contribution in [-0.4, -0.2) is 28.1 Å². The largest absolute Gasteiger partial charge is 0.490 e. The fourth-order valence-corrected chi connectivity index (χ4v) is 2.17. The molecule has 0 aliphatic heterocycles. The zero-order valence-electron chi connectivity index (χ0n) is 14.5. The minimum atomic E-state index is -1.96. The van der Waals surface area contributed by atoms with Crippen LogP contribution in [0.2, 0.25) is 0 Å². The van der Waals surface area contributed by atoms with Crippen molar-refractivity contribution in [3.63, 3.8) is 0 Å². The van der Waals surface area contributed by atoms with E-state index in [1.807, 2.05) is 0 Å². The van der Waals surface area contributed by atoms with E-state index in [-0.39, 0.29) is 22.7 Å². The fourth-order valence-electron chi connectivity index (χ4n) is 2.17. The second-order valence-electron chi connectivity index (χ2n) is 6.03. The first-order chi connectivity index (χ1) is 12.6. The summed E-state index contributed by atoms with van der Waals surface area (Å²) >= 11 is 0. The number of nitrogens with one attached hydrogen (secondary N) is 1. The van der Waals surface area contributed by atoms with Crippen molar-refractivity contribution in [2.45, 2.75) is 19.4 Å². The van der Waals surface area contributed by atoms with Gasteiger partial charge in [-0.25, -0.2) is 4.39 Å². The highest BCUT2D eigenvalue weighted by atomic mass is 19.1. The SMILES string of the molecule is Cc1cc(NC(=O)[C@@](C)(O)COc2ccc(C#N)c(F)c2)ccc1[N+](=O)[O-]. The molecule has 1 atom stereocenters. The monoisotopic (exact) mass is 373 g/mol. The van der Waals surface area contributed by atoms with Crippen LogP contribution in [0.15, 0.2) is 36.4 Å². The summed E-state index contributed by atoms with van der Waals surface area (Å²) in [5.41, 5.74) is -1.58. The van der Waals surface area contributed by atoms with E-state index in [9.17, 15) is 24.4 Å². The number of nitrogens with zero attached hydrogens (tertiary/aromatic N) is 2. The lowest BCUT2D eigenvalue weighted by molar-refractivity contribution is -0.385. The van der Waals surface area contributed by atoms with Crippen LogP contribution in [0.4, 0.5) is 15.8 Å². The van der Waals surface area contributed by atoms with Gasteiger partial charge in [-0.05, 0) is 38.1 Å². The number of rotatable bonds is 6. The summed E-state index contributed by atoms with van der Waals surface area (Å²) in [6, 6.07) is 9.21. The van der Waals surface area contributed by atoms with Crippen molar-refractivity contribution in [2.24, 2.45) is 0 Å². The predicted octanol–water partition coefficient (Wildman–Crippen LogP) is 2.68. The van der Waals surface area contributed by atoms with Crippen molar-refractivity contribution in [3.05, 3.63) is 63.5 Å². The van der Waals surface area contributed by atoms with E-state index in [1.54, 1.807) is 6.07 Å². The van der Waals surface area contributed by atoms with Crippen LogP contribution in [0.3, 0.4) is 0 Å². The summed E-state index contributed by atoms with van der Waals surface area (Å²) in [4.78, 5) is 22.5. The Kier molecular flexibility index (Phi) is 5.72. The molecule has 0 heterocycles. The van der Waals surface area contributed by atoms with Gasteiger partial charge in [0.2, 0.25) is 0 Å². The molecule has 2 aromatic carbocycles. The van der Waals surface area contributed by atoms with Gasteiger partial charge in [0.25, 0.3) is 11.6 Å². The van der Waals surface area contributed by atoms with Crippen LogP contribution in [0.5, 0.6) is 5.75 Å². The van der Waals surface area contributed by atoms with Gasteiger partial charge in [-0.15, -0.1) is 0 Å². The number of ether oxygens (including phenoxy) is 1. The Morgan fingerprint density at radius 2 is 2.11 bits per heavy atom. The molecule has 2 N–H and O–H groups in total. The molecule has 0 aliphatic rings. The van der Waals surface area contributed by atoms with Crippen LogP contribution in [0, 0.1) is 34.2 Å². The highest BCUT2D eigenvalue weighted by molar-refractivity contribution is 5.97. The first-order valence-corrected chi connectivity index (χ1v) is 7.75. The molecule has 1 amide bonds. The molecule has 0 bridgehead atoms. The van der Waals surface area contributed by atoms with E-state index >= 15 is 0 Å². The summed E-state index contributed by atoms with van der Waals surface area (Å²) in [6.07, 6.45) is 0. The lowest BCUT2D eigenvalue weighted by Crippen LogP contribution is -2.45. The molecule has 0 unspecified atom stereocenters. The van der Waals surface area contributed by atoms with E-state index in [4.69, 9.17) is 10.00 Å². The van der Waals surface area contributed by atoms with Crippen molar-refractivity contribution in [1.82, 2.24) is 0 Å². The van der Waals surface area contributed by atoms with Crippen LogP contribution in [0.25, 0.3) is 0 Å². The average Bonchev–Trinajstić information content (AvgIpc) is 2.60. The number of nitriles is 1. The number of hydrogen-bond donors (Lipinski definition) is 2. The second-order valence-corrected chi connectivity index (χ2v) is 6.03. The molecule has 27 heavy (non-hydrogen) atoms. The van der Waals surface area contributed by atoms with Gasteiger partial charge < -0.3 is 15.2 Å². The van der Waals surface area contributed by atoms with Gasteiger partial charge in [0.05, 0.1) is 10.5 Å². The average molecular weight is 373 g/mol. The Bertz CT molecular complexity index is 937. The van der Waals surface area contributed by atoms with E-state index < -0.39 is 28.9 Å². The molecule has 140 valence electrons. The number of nitro benzene ring substituents is 1. The number of anilines is 1. The molecule has 2 aromatic rings. The highest BCUT2D eigenvalue weighted by Crippen LogP contribution is 2.23. The van der Waals surface area contributed by atoms with Crippen molar-refractivity contribution in [2.75, 3.05) is 11.9 Å². The van der Waals surface area contributed by atoms with E-state index in [0.717, 1.165) is 6.07 Å². The molecule has 8 nitrogen and oxygen atoms in total. The number of amides is 1. The molecule has 0 saturated carbocycles. The predicted molar refractivity (Wildman–Crippen MR) is 93.7 cm³/mol. The van der Waals surface area contributed by atoms with Gasteiger partial charge in [-0.1, -0.05) is 0 Å². The Morgan fingerprint density at radius 3 is 2.67 bits per heavy atom. The zero-order chi connectivity index (χ0) is 20.2. The van der Waals surface area contributed by atoms with Crippen LogP contribution in [-0.2, 0) is 4.79 Å². The smallest absolute Gasteiger partial charge is 0.272 e. The quantitative estimate of drug-likeness (QED) is 0.592. The molecular formula is C18H16FN3O5. The van der Waals surface area contributed by atoms with E-state index in [0.29, 0.717) is 5.56 Å². The molecule has 0 fully saturated rings. The minimum Gasteiger partial charge on any atom is -0.490 e. The number of carbonyl (C=O) groups excluding carboxylic acids is 1. The summed E-state index contributed by atoms with van der Waals surface area (Å²) in [6.45, 7) is 2.26. The topological polar surface area (TPSA) is 125 Å². The fraction of sp³-hybridized carbons (Fsp3) is 0.222.